The number of carbonyl (C=O) groups is 1. The number of nitrogens with zero attached hydrogens (tertiary/aromatic N) is 3. The molecule has 0 radical (unpaired) electrons. The number of halogens is 1. The molecule has 0 spiro atoms. The van der Waals surface area contributed by atoms with E-state index in [0.29, 0.717) is 15.1 Å². The second kappa shape index (κ2) is 8.86. The number of hydrogen-bond donors (Lipinski definition) is 1. The summed E-state index contributed by atoms with van der Waals surface area (Å²) in [6, 6.07) is 27.0. The summed E-state index contributed by atoms with van der Waals surface area (Å²) in [7, 11) is 0. The zero-order valence-electron chi connectivity index (χ0n) is 16.8. The average molecular weight is 457 g/mol. The zero-order valence-corrected chi connectivity index (χ0v) is 18.3. The monoisotopic (exact) mass is 456 g/mol. The first-order valence-corrected chi connectivity index (χ1v) is 11.1. The second-order valence-corrected chi connectivity index (χ2v) is 8.50. The Morgan fingerprint density at radius 2 is 1.62 bits per heavy atom. The highest BCUT2D eigenvalue weighted by molar-refractivity contribution is 8.18. The van der Waals surface area contributed by atoms with Gasteiger partial charge in [0.25, 0.3) is 5.91 Å². The molecule has 156 valence electrons. The van der Waals surface area contributed by atoms with Crippen molar-refractivity contribution in [3.63, 3.8) is 0 Å². The van der Waals surface area contributed by atoms with Gasteiger partial charge in [0.2, 0.25) is 0 Å². The minimum atomic E-state index is -0.186. The number of amidine groups is 1. The smallest absolute Gasteiger partial charge is 0.264 e. The van der Waals surface area contributed by atoms with E-state index in [9.17, 15) is 4.79 Å². The van der Waals surface area contributed by atoms with Crippen molar-refractivity contribution in [3.8, 4) is 16.9 Å². The third-order valence-corrected chi connectivity index (χ3v) is 5.97. The standard InChI is InChI=1S/C25H17ClN4OS/c26-19-11-13-20(14-12-19)27-25-28-24(31)22(32-25)15-18-16-30(21-9-5-2-6-10-21)29-23(18)17-7-3-1-4-8-17/h1-16H,(H,27,28,31)/b22-15-. The van der Waals surface area contributed by atoms with Crippen LogP contribution in [-0.4, -0.2) is 20.9 Å². The van der Waals surface area contributed by atoms with Crippen LogP contribution in [0.4, 0.5) is 5.69 Å². The van der Waals surface area contributed by atoms with E-state index in [0.717, 1.165) is 28.2 Å². The summed E-state index contributed by atoms with van der Waals surface area (Å²) in [5, 5.41) is 8.80. The van der Waals surface area contributed by atoms with Crippen LogP contribution in [0.25, 0.3) is 23.0 Å². The maximum Gasteiger partial charge on any atom is 0.264 e. The van der Waals surface area contributed by atoms with Gasteiger partial charge in [0.1, 0.15) is 0 Å². The summed E-state index contributed by atoms with van der Waals surface area (Å²) >= 11 is 7.24. The van der Waals surface area contributed by atoms with Crippen molar-refractivity contribution in [2.75, 3.05) is 0 Å². The first-order valence-electron chi connectivity index (χ1n) is 9.91. The highest BCUT2D eigenvalue weighted by Crippen LogP contribution is 2.32. The number of aromatic nitrogens is 2. The van der Waals surface area contributed by atoms with Crippen LogP contribution >= 0.6 is 23.4 Å². The van der Waals surface area contributed by atoms with Gasteiger partial charge >= 0.3 is 0 Å². The largest absolute Gasteiger partial charge is 0.300 e. The molecule has 7 heteroatoms. The number of para-hydroxylation sites is 1. The minimum absolute atomic E-state index is 0.186. The zero-order chi connectivity index (χ0) is 21.9. The fraction of sp³-hybridized carbons (Fsp3) is 0. The van der Waals surface area contributed by atoms with Crippen LogP contribution in [-0.2, 0) is 4.79 Å². The number of carbonyl (C=O) groups excluding carboxylic acids is 1. The molecule has 5 rings (SSSR count). The van der Waals surface area contributed by atoms with Crippen LogP contribution in [0.1, 0.15) is 5.56 Å². The predicted octanol–water partition coefficient (Wildman–Crippen LogP) is 6.08. The normalized spacial score (nSPS) is 16.0. The van der Waals surface area contributed by atoms with Crippen LogP contribution in [0.5, 0.6) is 0 Å². The maximum absolute atomic E-state index is 12.6. The number of benzene rings is 3. The van der Waals surface area contributed by atoms with Crippen LogP contribution in [0, 0.1) is 0 Å². The summed E-state index contributed by atoms with van der Waals surface area (Å²) in [6.07, 6.45) is 3.80. The van der Waals surface area contributed by atoms with Gasteiger partial charge in [-0.2, -0.15) is 5.10 Å². The first-order chi connectivity index (χ1) is 15.7. The fourth-order valence-corrected chi connectivity index (χ4v) is 4.24. The molecular formula is C25H17ClN4OS. The molecule has 1 aromatic heterocycles. The lowest BCUT2D eigenvalue weighted by atomic mass is 10.1. The molecule has 0 saturated carbocycles. The first kappa shape index (κ1) is 20.3. The number of aliphatic imine (C=N–C) groups is 1. The number of amides is 1. The fourth-order valence-electron chi connectivity index (χ4n) is 3.28. The summed E-state index contributed by atoms with van der Waals surface area (Å²) in [5.41, 5.74) is 4.31. The lowest BCUT2D eigenvalue weighted by Crippen LogP contribution is -2.19. The third kappa shape index (κ3) is 4.37. The SMILES string of the molecule is O=C1NC(=Nc2ccc(Cl)cc2)S/C1=C\c1cn(-c2ccccc2)nc1-c1ccccc1. The molecule has 5 nitrogen and oxygen atoms in total. The van der Waals surface area contributed by atoms with Gasteiger partial charge < -0.3 is 5.32 Å². The van der Waals surface area contributed by atoms with Crippen molar-refractivity contribution >= 4 is 46.2 Å². The average Bonchev–Trinajstić information content (AvgIpc) is 3.40. The highest BCUT2D eigenvalue weighted by Gasteiger charge is 2.25. The predicted molar refractivity (Wildman–Crippen MR) is 131 cm³/mol. The molecule has 1 fully saturated rings. The van der Waals surface area contributed by atoms with Gasteiger partial charge in [-0.3, -0.25) is 4.79 Å². The lowest BCUT2D eigenvalue weighted by Gasteiger charge is -2.00. The molecule has 3 aromatic carbocycles. The lowest BCUT2D eigenvalue weighted by molar-refractivity contribution is -0.115. The van der Waals surface area contributed by atoms with Crippen molar-refractivity contribution in [2.45, 2.75) is 0 Å². The molecule has 1 aliphatic heterocycles. The molecular weight excluding hydrogens is 440 g/mol. The van der Waals surface area contributed by atoms with Gasteiger partial charge in [0.15, 0.2) is 5.17 Å². The molecule has 32 heavy (non-hydrogen) atoms. The van der Waals surface area contributed by atoms with Gasteiger partial charge in [-0.25, -0.2) is 9.67 Å². The van der Waals surface area contributed by atoms with Crippen LogP contribution in [0.2, 0.25) is 5.02 Å². The Kier molecular flexibility index (Phi) is 5.62. The molecule has 2 heterocycles. The van der Waals surface area contributed by atoms with Crippen molar-refractivity contribution in [2.24, 2.45) is 4.99 Å². The molecule has 0 aliphatic carbocycles. The van der Waals surface area contributed by atoms with Gasteiger partial charge in [0, 0.05) is 22.3 Å². The molecule has 0 atom stereocenters. The minimum Gasteiger partial charge on any atom is -0.300 e. The van der Waals surface area contributed by atoms with E-state index in [1.165, 1.54) is 11.8 Å². The summed E-state index contributed by atoms with van der Waals surface area (Å²) in [6.45, 7) is 0. The Morgan fingerprint density at radius 3 is 2.34 bits per heavy atom. The maximum atomic E-state index is 12.6. The number of nitrogens with one attached hydrogen (secondary N) is 1. The van der Waals surface area contributed by atoms with E-state index in [1.807, 2.05) is 77.6 Å². The van der Waals surface area contributed by atoms with E-state index in [1.54, 1.807) is 24.3 Å². The Labute approximate surface area is 194 Å². The molecule has 0 bridgehead atoms. The Bertz CT molecular complexity index is 1330. The van der Waals surface area contributed by atoms with E-state index < -0.39 is 0 Å². The van der Waals surface area contributed by atoms with Crippen molar-refractivity contribution in [1.82, 2.24) is 15.1 Å². The molecule has 1 amide bonds. The van der Waals surface area contributed by atoms with Gasteiger partial charge in [-0.1, -0.05) is 60.1 Å². The van der Waals surface area contributed by atoms with Crippen LogP contribution in [0.15, 0.2) is 101 Å². The van der Waals surface area contributed by atoms with E-state index >= 15 is 0 Å². The number of hydrogen-bond acceptors (Lipinski definition) is 4. The number of thioether (sulfide) groups is 1. The number of rotatable bonds is 4. The summed E-state index contributed by atoms with van der Waals surface area (Å²) in [5.74, 6) is -0.186. The summed E-state index contributed by atoms with van der Waals surface area (Å²) < 4.78 is 1.83. The van der Waals surface area contributed by atoms with E-state index in [4.69, 9.17) is 16.7 Å². The molecule has 1 aliphatic rings. The molecule has 1 saturated heterocycles. The van der Waals surface area contributed by atoms with Crippen molar-refractivity contribution < 1.29 is 4.79 Å². The van der Waals surface area contributed by atoms with Crippen LogP contribution < -0.4 is 5.32 Å². The Balaban J connectivity index is 1.52. The van der Waals surface area contributed by atoms with Gasteiger partial charge in [-0.15, -0.1) is 0 Å². The topological polar surface area (TPSA) is 59.3 Å². The Morgan fingerprint density at radius 1 is 0.938 bits per heavy atom. The van der Waals surface area contributed by atoms with Gasteiger partial charge in [0.05, 0.1) is 22.0 Å². The molecule has 1 N–H and O–H groups in total. The third-order valence-electron chi connectivity index (χ3n) is 4.81. The quantitative estimate of drug-likeness (QED) is 0.378. The van der Waals surface area contributed by atoms with E-state index in [2.05, 4.69) is 10.3 Å². The van der Waals surface area contributed by atoms with Gasteiger partial charge in [-0.05, 0) is 54.2 Å². The van der Waals surface area contributed by atoms with Crippen molar-refractivity contribution in [1.29, 1.82) is 0 Å². The Hall–Kier alpha value is -3.61. The van der Waals surface area contributed by atoms with Crippen LogP contribution in [0.3, 0.4) is 0 Å². The second-order valence-electron chi connectivity index (χ2n) is 7.04. The summed E-state index contributed by atoms with van der Waals surface area (Å²) in [4.78, 5) is 17.7. The van der Waals surface area contributed by atoms with E-state index in [-0.39, 0.29) is 5.91 Å². The van der Waals surface area contributed by atoms with Crippen molar-refractivity contribution in [3.05, 3.63) is 107 Å². The highest BCUT2D eigenvalue weighted by atomic mass is 35.5. The molecule has 0 unspecified atom stereocenters. The molecule has 4 aromatic rings.